The topological polar surface area (TPSA) is 69.6 Å². The molecule has 5 nitrogen and oxygen atoms in total. The molecule has 21 heavy (non-hydrogen) atoms. The summed E-state index contributed by atoms with van der Waals surface area (Å²) in [4.78, 5) is 0. The standard InChI is InChI=1S/C15H14FN5/c1-9-4-3-5-12(14(9)17)15-18-19-20-21(15)13-7-6-11(16)8-10(13)2/h3-8H,17H2,1-2H3. The molecule has 0 unspecified atom stereocenters. The van der Waals surface area contributed by atoms with E-state index in [0.717, 1.165) is 22.4 Å². The minimum absolute atomic E-state index is 0.291. The number of aromatic nitrogens is 4. The summed E-state index contributed by atoms with van der Waals surface area (Å²) in [5.41, 5.74) is 9.92. The third-order valence-corrected chi connectivity index (χ3v) is 3.42. The van der Waals surface area contributed by atoms with Crippen LogP contribution < -0.4 is 5.73 Å². The van der Waals surface area contributed by atoms with Crippen LogP contribution in [0.15, 0.2) is 36.4 Å². The molecule has 0 saturated heterocycles. The van der Waals surface area contributed by atoms with Crippen molar-refractivity contribution in [2.24, 2.45) is 0 Å². The van der Waals surface area contributed by atoms with E-state index in [2.05, 4.69) is 15.5 Å². The van der Waals surface area contributed by atoms with Crippen LogP contribution in [0.3, 0.4) is 0 Å². The molecule has 0 saturated carbocycles. The van der Waals surface area contributed by atoms with Crippen molar-refractivity contribution in [3.05, 3.63) is 53.3 Å². The van der Waals surface area contributed by atoms with Crippen molar-refractivity contribution in [1.82, 2.24) is 20.2 Å². The molecule has 0 amide bonds. The molecule has 0 aliphatic rings. The molecule has 0 aliphatic heterocycles. The van der Waals surface area contributed by atoms with Gasteiger partial charge in [-0.25, -0.2) is 4.39 Å². The maximum absolute atomic E-state index is 13.2. The molecule has 0 atom stereocenters. The average molecular weight is 283 g/mol. The summed E-state index contributed by atoms with van der Waals surface area (Å²) >= 11 is 0. The fourth-order valence-electron chi connectivity index (χ4n) is 2.25. The summed E-state index contributed by atoms with van der Waals surface area (Å²) in [5.74, 6) is 0.242. The van der Waals surface area contributed by atoms with Gasteiger partial charge in [-0.05, 0) is 59.7 Å². The van der Waals surface area contributed by atoms with E-state index in [1.54, 1.807) is 10.7 Å². The summed E-state index contributed by atoms with van der Waals surface area (Å²) in [5, 5.41) is 11.8. The van der Waals surface area contributed by atoms with Crippen molar-refractivity contribution in [3.63, 3.8) is 0 Å². The lowest BCUT2D eigenvalue weighted by Gasteiger charge is -2.10. The van der Waals surface area contributed by atoms with Gasteiger partial charge in [0.1, 0.15) is 5.82 Å². The Morgan fingerprint density at radius 3 is 2.67 bits per heavy atom. The quantitative estimate of drug-likeness (QED) is 0.734. The van der Waals surface area contributed by atoms with Crippen LogP contribution in [-0.2, 0) is 0 Å². The predicted molar refractivity (Wildman–Crippen MR) is 78.4 cm³/mol. The molecule has 3 aromatic rings. The first kappa shape index (κ1) is 13.2. The Labute approximate surface area is 121 Å². The number of nitrogen functional groups attached to an aromatic ring is 1. The molecule has 6 heteroatoms. The highest BCUT2D eigenvalue weighted by atomic mass is 19.1. The van der Waals surface area contributed by atoms with Crippen molar-refractivity contribution >= 4 is 5.69 Å². The van der Waals surface area contributed by atoms with Crippen LogP contribution in [0.1, 0.15) is 11.1 Å². The second kappa shape index (κ2) is 4.97. The van der Waals surface area contributed by atoms with Crippen LogP contribution in [0.2, 0.25) is 0 Å². The summed E-state index contributed by atoms with van der Waals surface area (Å²) in [6, 6.07) is 10.2. The van der Waals surface area contributed by atoms with Gasteiger partial charge in [-0.2, -0.15) is 4.68 Å². The number of rotatable bonds is 2. The van der Waals surface area contributed by atoms with E-state index in [0.29, 0.717) is 11.5 Å². The molecule has 2 aromatic carbocycles. The lowest BCUT2D eigenvalue weighted by Crippen LogP contribution is -2.04. The zero-order valence-electron chi connectivity index (χ0n) is 11.7. The Bertz CT molecular complexity index is 810. The number of tetrazole rings is 1. The van der Waals surface area contributed by atoms with Gasteiger partial charge in [0, 0.05) is 11.3 Å². The summed E-state index contributed by atoms with van der Waals surface area (Å²) in [6.45, 7) is 3.74. The Balaban J connectivity index is 2.20. The number of para-hydroxylation sites is 1. The van der Waals surface area contributed by atoms with Gasteiger partial charge in [0.05, 0.1) is 5.69 Å². The van der Waals surface area contributed by atoms with E-state index >= 15 is 0 Å². The molecule has 0 aliphatic carbocycles. The monoisotopic (exact) mass is 283 g/mol. The third-order valence-electron chi connectivity index (χ3n) is 3.42. The third kappa shape index (κ3) is 2.24. The summed E-state index contributed by atoms with van der Waals surface area (Å²) in [6.07, 6.45) is 0. The Hall–Kier alpha value is -2.76. The molecule has 0 spiro atoms. The summed E-state index contributed by atoms with van der Waals surface area (Å²) < 4.78 is 14.8. The molecular formula is C15H14FN5. The normalized spacial score (nSPS) is 10.8. The highest BCUT2D eigenvalue weighted by Gasteiger charge is 2.15. The van der Waals surface area contributed by atoms with Crippen molar-refractivity contribution in [2.45, 2.75) is 13.8 Å². The smallest absolute Gasteiger partial charge is 0.189 e. The average Bonchev–Trinajstić information content (AvgIpc) is 2.91. The van der Waals surface area contributed by atoms with Crippen molar-refractivity contribution in [2.75, 3.05) is 5.73 Å². The van der Waals surface area contributed by atoms with Gasteiger partial charge in [0.15, 0.2) is 5.82 Å². The van der Waals surface area contributed by atoms with E-state index in [9.17, 15) is 4.39 Å². The first-order chi connectivity index (χ1) is 10.1. The number of nitrogens with zero attached hydrogens (tertiary/aromatic N) is 4. The highest BCUT2D eigenvalue weighted by Crippen LogP contribution is 2.28. The van der Waals surface area contributed by atoms with Crippen LogP contribution in [-0.4, -0.2) is 20.2 Å². The van der Waals surface area contributed by atoms with Gasteiger partial charge in [-0.1, -0.05) is 12.1 Å². The molecule has 0 fully saturated rings. The molecule has 0 radical (unpaired) electrons. The fraction of sp³-hybridized carbons (Fsp3) is 0.133. The second-order valence-electron chi connectivity index (χ2n) is 4.88. The number of benzene rings is 2. The maximum Gasteiger partial charge on any atom is 0.189 e. The Kier molecular flexibility index (Phi) is 3.13. The van der Waals surface area contributed by atoms with E-state index in [1.807, 2.05) is 32.0 Å². The van der Waals surface area contributed by atoms with Gasteiger partial charge in [-0.15, -0.1) is 5.10 Å². The van der Waals surface area contributed by atoms with Crippen molar-refractivity contribution in [1.29, 1.82) is 0 Å². The van der Waals surface area contributed by atoms with Crippen LogP contribution in [0, 0.1) is 19.7 Å². The Morgan fingerprint density at radius 2 is 1.90 bits per heavy atom. The van der Waals surface area contributed by atoms with Gasteiger partial charge >= 0.3 is 0 Å². The van der Waals surface area contributed by atoms with Gasteiger partial charge in [0.25, 0.3) is 0 Å². The first-order valence-corrected chi connectivity index (χ1v) is 6.48. The minimum Gasteiger partial charge on any atom is -0.398 e. The minimum atomic E-state index is -0.291. The van der Waals surface area contributed by atoms with Gasteiger partial charge in [-0.3, -0.25) is 0 Å². The lowest BCUT2D eigenvalue weighted by atomic mass is 10.1. The zero-order valence-corrected chi connectivity index (χ0v) is 11.7. The van der Waals surface area contributed by atoms with Crippen LogP contribution in [0.25, 0.3) is 17.1 Å². The largest absolute Gasteiger partial charge is 0.398 e. The zero-order chi connectivity index (χ0) is 15.0. The SMILES string of the molecule is Cc1cc(F)ccc1-n1nnnc1-c1cccc(C)c1N. The van der Waals surface area contributed by atoms with Crippen molar-refractivity contribution in [3.8, 4) is 17.1 Å². The van der Waals surface area contributed by atoms with Crippen LogP contribution >= 0.6 is 0 Å². The van der Waals surface area contributed by atoms with E-state index in [-0.39, 0.29) is 5.82 Å². The number of aryl methyl sites for hydroxylation is 2. The lowest BCUT2D eigenvalue weighted by molar-refractivity contribution is 0.625. The number of hydrogen-bond donors (Lipinski definition) is 1. The number of halogens is 1. The van der Waals surface area contributed by atoms with E-state index in [4.69, 9.17) is 5.73 Å². The van der Waals surface area contributed by atoms with Crippen LogP contribution in [0.5, 0.6) is 0 Å². The molecule has 1 aromatic heterocycles. The number of anilines is 1. The Morgan fingerprint density at radius 1 is 1.10 bits per heavy atom. The number of hydrogen-bond acceptors (Lipinski definition) is 4. The van der Waals surface area contributed by atoms with Crippen molar-refractivity contribution < 1.29 is 4.39 Å². The molecule has 0 bridgehead atoms. The molecule has 2 N–H and O–H groups in total. The van der Waals surface area contributed by atoms with Crippen LogP contribution in [0.4, 0.5) is 10.1 Å². The summed E-state index contributed by atoms with van der Waals surface area (Å²) in [7, 11) is 0. The van der Waals surface area contributed by atoms with E-state index < -0.39 is 0 Å². The van der Waals surface area contributed by atoms with Gasteiger partial charge < -0.3 is 5.73 Å². The second-order valence-corrected chi connectivity index (χ2v) is 4.88. The molecule has 106 valence electrons. The molecular weight excluding hydrogens is 269 g/mol. The van der Waals surface area contributed by atoms with E-state index in [1.165, 1.54) is 12.1 Å². The fourth-order valence-corrected chi connectivity index (χ4v) is 2.25. The highest BCUT2D eigenvalue weighted by molar-refractivity contribution is 5.75. The maximum atomic E-state index is 13.2. The first-order valence-electron chi connectivity index (χ1n) is 6.48. The number of nitrogens with two attached hydrogens (primary N) is 1. The van der Waals surface area contributed by atoms with Gasteiger partial charge in [0.2, 0.25) is 0 Å². The molecule has 1 heterocycles. The predicted octanol–water partition coefficient (Wildman–Crippen LogP) is 2.67. The molecule has 3 rings (SSSR count).